The van der Waals surface area contributed by atoms with Crippen molar-refractivity contribution >= 4 is 5.69 Å². The molecule has 0 N–H and O–H groups in total. The summed E-state index contributed by atoms with van der Waals surface area (Å²) in [4.78, 5) is 6.60. The summed E-state index contributed by atoms with van der Waals surface area (Å²) >= 11 is 0. The average molecular weight is 222 g/mol. The molecule has 88 valence electrons. The maximum Gasteiger partial charge on any atom is 0.0983 e. The van der Waals surface area contributed by atoms with Crippen LogP contribution in [0.3, 0.4) is 0 Å². The lowest BCUT2D eigenvalue weighted by molar-refractivity contribution is -0.0100. The van der Waals surface area contributed by atoms with E-state index in [-0.39, 0.29) is 6.10 Å². The fraction of sp³-hybridized carbons (Fsp3) is 0.583. The molecule has 1 atom stereocenters. The van der Waals surface area contributed by atoms with Gasteiger partial charge in [0.15, 0.2) is 0 Å². The molecule has 4 nitrogen and oxygen atoms in total. The highest BCUT2D eigenvalue weighted by atomic mass is 16.5. The first-order valence-electron chi connectivity index (χ1n) is 5.58. The molecule has 2 heterocycles. The lowest BCUT2D eigenvalue weighted by Crippen LogP contribution is -2.44. The second-order valence-electron chi connectivity index (χ2n) is 4.05. The third-order valence-corrected chi connectivity index (χ3v) is 2.75. The first-order valence-corrected chi connectivity index (χ1v) is 5.58. The number of rotatable bonds is 3. The number of ether oxygens (including phenoxy) is 2. The Labute approximate surface area is 96.2 Å². The van der Waals surface area contributed by atoms with E-state index in [1.807, 2.05) is 19.2 Å². The minimum Gasteiger partial charge on any atom is -0.382 e. The van der Waals surface area contributed by atoms with Gasteiger partial charge in [-0.1, -0.05) is 0 Å². The second kappa shape index (κ2) is 5.27. The molecule has 1 fully saturated rings. The fourth-order valence-electron chi connectivity index (χ4n) is 1.89. The van der Waals surface area contributed by atoms with Crippen molar-refractivity contribution in [3.63, 3.8) is 0 Å². The molecule has 0 aliphatic carbocycles. The van der Waals surface area contributed by atoms with Gasteiger partial charge in [-0.25, -0.2) is 0 Å². The predicted octanol–water partition coefficient (Wildman–Crippen LogP) is 1.24. The first-order chi connectivity index (χ1) is 7.79. The molecular weight excluding hydrogens is 204 g/mol. The molecule has 1 aliphatic heterocycles. The van der Waals surface area contributed by atoms with Gasteiger partial charge in [0.2, 0.25) is 0 Å². The van der Waals surface area contributed by atoms with Crippen LogP contribution in [-0.2, 0) is 9.47 Å². The van der Waals surface area contributed by atoms with Crippen molar-refractivity contribution in [2.75, 3.05) is 38.3 Å². The van der Waals surface area contributed by atoms with Crippen molar-refractivity contribution in [1.82, 2.24) is 4.98 Å². The summed E-state index contributed by atoms with van der Waals surface area (Å²) < 4.78 is 10.7. The summed E-state index contributed by atoms with van der Waals surface area (Å²) in [6.45, 7) is 5.19. The van der Waals surface area contributed by atoms with E-state index in [0.29, 0.717) is 6.61 Å². The van der Waals surface area contributed by atoms with E-state index in [1.165, 1.54) is 0 Å². The maximum atomic E-state index is 5.61. The van der Waals surface area contributed by atoms with E-state index in [0.717, 1.165) is 31.1 Å². The zero-order valence-corrected chi connectivity index (χ0v) is 9.85. The molecule has 0 radical (unpaired) electrons. The monoisotopic (exact) mass is 222 g/mol. The van der Waals surface area contributed by atoms with Crippen molar-refractivity contribution in [3.05, 3.63) is 24.0 Å². The fourth-order valence-corrected chi connectivity index (χ4v) is 1.89. The largest absolute Gasteiger partial charge is 0.382 e. The lowest BCUT2D eigenvalue weighted by atomic mass is 10.2. The van der Waals surface area contributed by atoms with Gasteiger partial charge in [-0.3, -0.25) is 4.98 Å². The van der Waals surface area contributed by atoms with E-state index < -0.39 is 0 Å². The minimum atomic E-state index is 0.167. The first kappa shape index (κ1) is 11.4. The lowest BCUT2D eigenvalue weighted by Gasteiger charge is -2.34. The highest BCUT2D eigenvalue weighted by Crippen LogP contribution is 2.16. The molecule has 0 unspecified atom stereocenters. The van der Waals surface area contributed by atoms with Crippen LogP contribution >= 0.6 is 0 Å². The summed E-state index contributed by atoms with van der Waals surface area (Å²) in [6, 6.07) is 4.15. The van der Waals surface area contributed by atoms with Gasteiger partial charge in [0.1, 0.15) is 0 Å². The Kier molecular flexibility index (Phi) is 3.74. The van der Waals surface area contributed by atoms with Gasteiger partial charge in [-0.2, -0.15) is 0 Å². The topological polar surface area (TPSA) is 34.6 Å². The molecule has 0 bridgehead atoms. The highest BCUT2D eigenvalue weighted by molar-refractivity contribution is 5.44. The van der Waals surface area contributed by atoms with Gasteiger partial charge in [0, 0.05) is 25.9 Å². The number of morpholine rings is 1. The van der Waals surface area contributed by atoms with Crippen LogP contribution in [0.25, 0.3) is 0 Å². The molecule has 4 heteroatoms. The summed E-state index contributed by atoms with van der Waals surface area (Å²) in [6.07, 6.45) is 2.09. The maximum absolute atomic E-state index is 5.61. The summed E-state index contributed by atoms with van der Waals surface area (Å²) in [5.41, 5.74) is 2.21. The van der Waals surface area contributed by atoms with E-state index in [4.69, 9.17) is 9.47 Å². The molecule has 0 aromatic carbocycles. The highest BCUT2D eigenvalue weighted by Gasteiger charge is 2.20. The van der Waals surface area contributed by atoms with Crippen molar-refractivity contribution in [3.8, 4) is 0 Å². The zero-order chi connectivity index (χ0) is 11.4. The number of pyridine rings is 1. The minimum absolute atomic E-state index is 0.167. The number of methoxy groups -OCH3 is 1. The molecular formula is C12H18N2O2. The van der Waals surface area contributed by atoms with Crippen molar-refractivity contribution in [2.45, 2.75) is 13.0 Å². The summed E-state index contributed by atoms with van der Waals surface area (Å²) in [5.74, 6) is 0. The smallest absolute Gasteiger partial charge is 0.0983 e. The van der Waals surface area contributed by atoms with Crippen LogP contribution in [0, 0.1) is 6.92 Å². The average Bonchev–Trinajstić information content (AvgIpc) is 2.31. The van der Waals surface area contributed by atoms with E-state index in [2.05, 4.69) is 16.0 Å². The quantitative estimate of drug-likeness (QED) is 0.770. The molecule has 0 saturated carbocycles. The summed E-state index contributed by atoms with van der Waals surface area (Å²) in [5, 5.41) is 0. The molecule has 0 spiro atoms. The van der Waals surface area contributed by atoms with Crippen LogP contribution in [0.15, 0.2) is 18.3 Å². The molecule has 1 aromatic heterocycles. The van der Waals surface area contributed by atoms with Crippen LogP contribution in [0.4, 0.5) is 5.69 Å². The molecule has 1 aliphatic rings. The van der Waals surface area contributed by atoms with Gasteiger partial charge >= 0.3 is 0 Å². The number of aromatic nitrogens is 1. The van der Waals surface area contributed by atoms with Gasteiger partial charge < -0.3 is 14.4 Å². The van der Waals surface area contributed by atoms with Crippen molar-refractivity contribution in [1.29, 1.82) is 0 Å². The van der Waals surface area contributed by atoms with Crippen LogP contribution < -0.4 is 4.90 Å². The third kappa shape index (κ3) is 2.71. The van der Waals surface area contributed by atoms with E-state index in [9.17, 15) is 0 Å². The second-order valence-corrected chi connectivity index (χ2v) is 4.05. The normalized spacial score (nSPS) is 21.1. The Balaban J connectivity index is 2.01. The SMILES string of the molecule is COC[C@@H]1CN(c2ccc(C)nc2)CCO1. The predicted molar refractivity (Wildman–Crippen MR) is 62.8 cm³/mol. The Hall–Kier alpha value is -1.13. The van der Waals surface area contributed by atoms with Crippen LogP contribution in [0.2, 0.25) is 0 Å². The number of nitrogens with zero attached hydrogens (tertiary/aromatic N) is 2. The number of hydrogen-bond acceptors (Lipinski definition) is 4. The molecule has 2 rings (SSSR count). The van der Waals surface area contributed by atoms with Crippen LogP contribution in [0.5, 0.6) is 0 Å². The standard InChI is InChI=1S/C12H18N2O2/c1-10-3-4-11(7-13-10)14-5-6-16-12(8-14)9-15-2/h3-4,7,12H,5-6,8-9H2,1-2H3/t12-/m0/s1. The third-order valence-electron chi connectivity index (χ3n) is 2.75. The van der Waals surface area contributed by atoms with Crippen molar-refractivity contribution in [2.24, 2.45) is 0 Å². The molecule has 16 heavy (non-hydrogen) atoms. The number of anilines is 1. The Morgan fingerprint density at radius 1 is 1.56 bits per heavy atom. The zero-order valence-electron chi connectivity index (χ0n) is 9.85. The van der Waals surface area contributed by atoms with Gasteiger partial charge in [-0.05, 0) is 19.1 Å². The van der Waals surface area contributed by atoms with E-state index in [1.54, 1.807) is 7.11 Å². The van der Waals surface area contributed by atoms with E-state index >= 15 is 0 Å². The number of hydrogen-bond donors (Lipinski definition) is 0. The van der Waals surface area contributed by atoms with Crippen molar-refractivity contribution < 1.29 is 9.47 Å². The number of aryl methyl sites for hydroxylation is 1. The van der Waals surface area contributed by atoms with Gasteiger partial charge in [0.25, 0.3) is 0 Å². The molecule has 0 amide bonds. The van der Waals surface area contributed by atoms with Gasteiger partial charge in [-0.15, -0.1) is 0 Å². The summed E-state index contributed by atoms with van der Waals surface area (Å²) in [7, 11) is 1.70. The Morgan fingerprint density at radius 2 is 2.44 bits per heavy atom. The molecule has 1 saturated heterocycles. The van der Waals surface area contributed by atoms with Crippen LogP contribution in [-0.4, -0.2) is 44.5 Å². The van der Waals surface area contributed by atoms with Gasteiger partial charge in [0.05, 0.1) is 31.2 Å². The van der Waals surface area contributed by atoms with Crippen LogP contribution in [0.1, 0.15) is 5.69 Å². The molecule has 1 aromatic rings. The Bertz CT molecular complexity index is 324. The Morgan fingerprint density at radius 3 is 3.12 bits per heavy atom.